The zero-order chi connectivity index (χ0) is 11.6. The lowest BCUT2D eigenvalue weighted by Crippen LogP contribution is -2.40. The van der Waals surface area contributed by atoms with Gasteiger partial charge in [0.25, 0.3) is 5.91 Å². The summed E-state index contributed by atoms with van der Waals surface area (Å²) in [6.07, 6.45) is 1.15. The van der Waals surface area contributed by atoms with Crippen LogP contribution in [0.4, 0.5) is 0 Å². The summed E-state index contributed by atoms with van der Waals surface area (Å²) in [6.45, 7) is 3.02. The Hall–Kier alpha value is -1.85. The van der Waals surface area contributed by atoms with E-state index in [0.717, 1.165) is 11.3 Å². The lowest BCUT2D eigenvalue weighted by Gasteiger charge is -2.20. The third kappa shape index (κ3) is 2.15. The van der Waals surface area contributed by atoms with Crippen LogP contribution in [0.2, 0.25) is 0 Å². The molecular weight excluding hydrogens is 200 g/mol. The highest BCUT2D eigenvalue weighted by atomic mass is 16.4. The molecule has 1 aromatic rings. The number of carbonyl (C=O) groups is 2. The maximum atomic E-state index is 11.7. The van der Waals surface area contributed by atoms with Crippen LogP contribution >= 0.6 is 0 Å². The van der Waals surface area contributed by atoms with E-state index in [4.69, 9.17) is 9.52 Å². The summed E-state index contributed by atoms with van der Waals surface area (Å²) in [5.41, 5.74) is 0.144. The normalized spacial score (nSPS) is 12.2. The van der Waals surface area contributed by atoms with Crippen molar-refractivity contribution in [3.63, 3.8) is 0 Å². The van der Waals surface area contributed by atoms with Gasteiger partial charge >= 0.3 is 5.97 Å². The molecule has 82 valence electrons. The van der Waals surface area contributed by atoms with Gasteiger partial charge < -0.3 is 14.4 Å². The summed E-state index contributed by atoms with van der Waals surface area (Å²) in [7, 11) is 1.41. The molecule has 0 aliphatic heterocycles. The molecule has 1 rings (SSSR count). The number of oxazole rings is 1. The molecule has 0 aromatic carbocycles. The lowest BCUT2D eigenvalue weighted by atomic mass is 10.2. The van der Waals surface area contributed by atoms with Crippen LogP contribution in [-0.2, 0) is 4.79 Å². The first-order chi connectivity index (χ1) is 6.95. The first kappa shape index (κ1) is 11.2. The van der Waals surface area contributed by atoms with Crippen LogP contribution < -0.4 is 0 Å². The van der Waals surface area contributed by atoms with Crippen molar-refractivity contribution in [2.24, 2.45) is 0 Å². The standard InChI is InChI=1S/C9H12N2O4/c1-5(9(13)14)11(3)8(12)7-6(2)15-4-10-7/h4-5H,1-3H3,(H,13,14). The fourth-order valence-corrected chi connectivity index (χ4v) is 1.02. The van der Waals surface area contributed by atoms with Crippen LogP contribution in [0, 0.1) is 6.92 Å². The number of rotatable bonds is 3. The number of hydrogen-bond donors (Lipinski definition) is 1. The fourth-order valence-electron chi connectivity index (χ4n) is 1.02. The molecule has 0 saturated carbocycles. The molecule has 1 amide bonds. The van der Waals surface area contributed by atoms with Crippen LogP contribution in [0.3, 0.4) is 0 Å². The van der Waals surface area contributed by atoms with E-state index in [2.05, 4.69) is 4.98 Å². The van der Waals surface area contributed by atoms with Crippen molar-refractivity contribution in [2.75, 3.05) is 7.05 Å². The van der Waals surface area contributed by atoms with Gasteiger partial charge in [0.05, 0.1) is 0 Å². The molecule has 1 heterocycles. The topological polar surface area (TPSA) is 83.6 Å². The molecular formula is C9H12N2O4. The van der Waals surface area contributed by atoms with Crippen molar-refractivity contribution in [2.45, 2.75) is 19.9 Å². The molecule has 1 atom stereocenters. The van der Waals surface area contributed by atoms with Crippen LogP contribution in [0.1, 0.15) is 23.2 Å². The number of hydrogen-bond acceptors (Lipinski definition) is 4. The molecule has 0 spiro atoms. The van der Waals surface area contributed by atoms with Crippen molar-refractivity contribution in [3.05, 3.63) is 17.8 Å². The van der Waals surface area contributed by atoms with Crippen LogP contribution in [0.5, 0.6) is 0 Å². The second kappa shape index (κ2) is 4.12. The zero-order valence-corrected chi connectivity index (χ0v) is 8.72. The van der Waals surface area contributed by atoms with Crippen LogP contribution in [-0.4, -0.2) is 40.0 Å². The van der Waals surface area contributed by atoms with Gasteiger partial charge in [-0.3, -0.25) is 4.79 Å². The maximum Gasteiger partial charge on any atom is 0.326 e. The number of aryl methyl sites for hydroxylation is 1. The van der Waals surface area contributed by atoms with Crippen molar-refractivity contribution in [1.82, 2.24) is 9.88 Å². The van der Waals surface area contributed by atoms with E-state index in [1.165, 1.54) is 14.0 Å². The van der Waals surface area contributed by atoms with Crippen molar-refractivity contribution in [3.8, 4) is 0 Å². The largest absolute Gasteiger partial charge is 0.480 e. The Bertz CT molecular complexity index is 385. The van der Waals surface area contributed by atoms with Crippen LogP contribution in [0.15, 0.2) is 10.8 Å². The monoisotopic (exact) mass is 212 g/mol. The molecule has 0 saturated heterocycles. The lowest BCUT2D eigenvalue weighted by molar-refractivity contribution is -0.141. The number of aliphatic carboxylic acids is 1. The molecule has 1 N–H and O–H groups in total. The minimum Gasteiger partial charge on any atom is -0.480 e. The van der Waals surface area contributed by atoms with E-state index < -0.39 is 17.9 Å². The van der Waals surface area contributed by atoms with Gasteiger partial charge in [-0.2, -0.15) is 0 Å². The van der Waals surface area contributed by atoms with E-state index in [0.29, 0.717) is 5.76 Å². The smallest absolute Gasteiger partial charge is 0.326 e. The highest BCUT2D eigenvalue weighted by Gasteiger charge is 2.25. The Morgan fingerprint density at radius 2 is 2.20 bits per heavy atom. The second-order valence-electron chi connectivity index (χ2n) is 3.19. The first-order valence-electron chi connectivity index (χ1n) is 4.35. The highest BCUT2D eigenvalue weighted by molar-refractivity contribution is 5.95. The summed E-state index contributed by atoms with van der Waals surface area (Å²) in [4.78, 5) is 27.2. The van der Waals surface area contributed by atoms with E-state index in [9.17, 15) is 9.59 Å². The molecule has 0 fully saturated rings. The van der Waals surface area contributed by atoms with Gasteiger partial charge in [-0.1, -0.05) is 0 Å². The predicted octanol–water partition coefficient (Wildman–Crippen LogP) is 0.528. The third-order valence-corrected chi connectivity index (χ3v) is 2.21. The van der Waals surface area contributed by atoms with Gasteiger partial charge in [0, 0.05) is 7.05 Å². The maximum absolute atomic E-state index is 11.7. The minimum absolute atomic E-state index is 0.144. The Balaban J connectivity index is 2.86. The van der Waals surface area contributed by atoms with Gasteiger partial charge in [0.15, 0.2) is 12.1 Å². The predicted molar refractivity (Wildman–Crippen MR) is 50.4 cm³/mol. The van der Waals surface area contributed by atoms with Crippen molar-refractivity contribution >= 4 is 11.9 Å². The molecule has 0 aliphatic carbocycles. The number of likely N-dealkylation sites (N-methyl/N-ethyl adjacent to an activating group) is 1. The molecule has 0 radical (unpaired) electrons. The van der Waals surface area contributed by atoms with E-state index >= 15 is 0 Å². The molecule has 0 aliphatic rings. The van der Waals surface area contributed by atoms with Gasteiger partial charge in [-0.25, -0.2) is 9.78 Å². The Labute approximate surface area is 86.5 Å². The third-order valence-electron chi connectivity index (χ3n) is 2.21. The first-order valence-corrected chi connectivity index (χ1v) is 4.35. The number of amides is 1. The Morgan fingerprint density at radius 1 is 1.60 bits per heavy atom. The molecule has 1 aromatic heterocycles. The number of carbonyl (C=O) groups excluding carboxylic acids is 1. The quantitative estimate of drug-likeness (QED) is 0.790. The van der Waals surface area contributed by atoms with Crippen LogP contribution in [0.25, 0.3) is 0 Å². The number of carboxylic acid groups (broad SMARTS) is 1. The molecule has 0 bridgehead atoms. The summed E-state index contributed by atoms with van der Waals surface area (Å²) in [5.74, 6) is -1.15. The van der Waals surface area contributed by atoms with Gasteiger partial charge in [0.1, 0.15) is 11.8 Å². The Morgan fingerprint density at radius 3 is 2.60 bits per heavy atom. The number of aromatic nitrogens is 1. The summed E-state index contributed by atoms with van der Waals surface area (Å²) in [5, 5.41) is 8.73. The fraction of sp³-hybridized carbons (Fsp3) is 0.444. The minimum atomic E-state index is -1.06. The van der Waals surface area contributed by atoms with Crippen molar-refractivity contribution in [1.29, 1.82) is 0 Å². The number of carboxylic acids is 1. The Kier molecular flexibility index (Phi) is 3.08. The molecule has 6 heteroatoms. The van der Waals surface area contributed by atoms with E-state index in [1.54, 1.807) is 6.92 Å². The van der Waals surface area contributed by atoms with E-state index in [-0.39, 0.29) is 5.69 Å². The van der Waals surface area contributed by atoms with Gasteiger partial charge in [-0.05, 0) is 13.8 Å². The summed E-state index contributed by atoms with van der Waals surface area (Å²) >= 11 is 0. The number of nitrogens with zero attached hydrogens (tertiary/aromatic N) is 2. The SMILES string of the molecule is Cc1ocnc1C(=O)N(C)C(C)C(=O)O. The molecule has 1 unspecified atom stereocenters. The van der Waals surface area contributed by atoms with Gasteiger partial charge in [0.2, 0.25) is 0 Å². The molecule has 6 nitrogen and oxygen atoms in total. The van der Waals surface area contributed by atoms with Gasteiger partial charge in [-0.15, -0.1) is 0 Å². The highest BCUT2D eigenvalue weighted by Crippen LogP contribution is 2.09. The van der Waals surface area contributed by atoms with Crippen molar-refractivity contribution < 1.29 is 19.1 Å². The summed E-state index contributed by atoms with van der Waals surface area (Å²) < 4.78 is 4.87. The molecule has 15 heavy (non-hydrogen) atoms. The second-order valence-corrected chi connectivity index (χ2v) is 3.19. The summed E-state index contributed by atoms with van der Waals surface area (Å²) in [6, 6.07) is -0.895. The average Bonchev–Trinajstić information content (AvgIpc) is 2.60. The van der Waals surface area contributed by atoms with E-state index in [1.807, 2.05) is 0 Å². The zero-order valence-electron chi connectivity index (χ0n) is 8.72. The average molecular weight is 212 g/mol.